The van der Waals surface area contributed by atoms with Gasteiger partial charge in [0, 0.05) is 27.2 Å². The first-order valence-electron chi connectivity index (χ1n) is 5.86. The molecular weight excluding hydrogens is 252 g/mol. The predicted molar refractivity (Wildman–Crippen MR) is 73.4 cm³/mol. The Labute approximate surface area is 112 Å². The number of aromatic nitrogens is 2. The Hall–Kier alpha value is -1.33. The summed E-state index contributed by atoms with van der Waals surface area (Å²) in [6.07, 6.45) is 4.66. The molecule has 0 fully saturated rings. The highest BCUT2D eigenvalue weighted by Crippen LogP contribution is 2.30. The van der Waals surface area contributed by atoms with E-state index >= 15 is 0 Å². The van der Waals surface area contributed by atoms with Crippen molar-refractivity contribution in [2.75, 3.05) is 44.1 Å². The zero-order valence-electron chi connectivity index (χ0n) is 10.6. The van der Waals surface area contributed by atoms with Crippen LogP contribution in [0, 0.1) is 0 Å². The van der Waals surface area contributed by atoms with Crippen LogP contribution in [0.4, 0.5) is 11.5 Å². The lowest BCUT2D eigenvalue weighted by Crippen LogP contribution is -2.30. The van der Waals surface area contributed by atoms with Crippen LogP contribution in [0.1, 0.15) is 6.42 Å². The molecule has 1 aliphatic rings. The van der Waals surface area contributed by atoms with E-state index in [0.717, 1.165) is 31.0 Å². The number of nitrogens with zero attached hydrogens (tertiary/aromatic N) is 3. The van der Waals surface area contributed by atoms with Gasteiger partial charge in [-0.05, 0) is 12.0 Å². The Morgan fingerprint density at radius 1 is 1.50 bits per heavy atom. The van der Waals surface area contributed by atoms with E-state index in [2.05, 4.69) is 26.3 Å². The molecule has 0 atom stereocenters. The lowest BCUT2D eigenvalue weighted by Gasteiger charge is -2.28. The third kappa shape index (κ3) is 2.73. The topological polar surface area (TPSA) is 50.3 Å². The van der Waals surface area contributed by atoms with Crippen molar-refractivity contribution < 1.29 is 4.74 Å². The van der Waals surface area contributed by atoms with Gasteiger partial charge in [-0.1, -0.05) is 17.7 Å². The molecule has 6 heteroatoms. The van der Waals surface area contributed by atoms with Crippen LogP contribution >= 0.6 is 11.6 Å². The Balaban J connectivity index is 2.17. The third-order valence-electron chi connectivity index (χ3n) is 2.96. The van der Waals surface area contributed by atoms with Gasteiger partial charge in [-0.25, -0.2) is 9.97 Å². The average molecular weight is 269 g/mol. The molecule has 0 saturated heterocycles. The van der Waals surface area contributed by atoms with E-state index in [-0.39, 0.29) is 0 Å². The molecule has 5 nitrogen and oxygen atoms in total. The molecule has 1 aliphatic heterocycles. The number of rotatable bonds is 4. The maximum absolute atomic E-state index is 6.05. The average Bonchev–Trinajstić information content (AvgIpc) is 2.40. The second-order valence-corrected chi connectivity index (χ2v) is 4.46. The molecule has 2 heterocycles. The van der Waals surface area contributed by atoms with Crippen molar-refractivity contribution in [1.29, 1.82) is 0 Å². The number of hydrogen-bond donors (Lipinski definition) is 1. The molecular formula is C12H17ClN4O. The molecule has 98 valence electrons. The minimum absolute atomic E-state index is 0.453. The van der Waals surface area contributed by atoms with Gasteiger partial charge in [-0.3, -0.25) is 0 Å². The first kappa shape index (κ1) is 13.1. The summed E-state index contributed by atoms with van der Waals surface area (Å²) in [5, 5.41) is 3.51. The highest BCUT2D eigenvalue weighted by Gasteiger charge is 2.18. The smallest absolute Gasteiger partial charge is 0.157 e. The second-order valence-electron chi connectivity index (χ2n) is 4.10. The van der Waals surface area contributed by atoms with Crippen molar-refractivity contribution in [3.63, 3.8) is 0 Å². The van der Waals surface area contributed by atoms with Crippen molar-refractivity contribution in [3.05, 3.63) is 23.1 Å². The lowest BCUT2D eigenvalue weighted by atomic mass is 10.1. The Morgan fingerprint density at radius 2 is 2.33 bits per heavy atom. The Bertz CT molecular complexity index is 450. The molecule has 0 unspecified atom stereocenters. The largest absolute Gasteiger partial charge is 0.383 e. The number of methoxy groups -OCH3 is 1. The number of anilines is 2. The lowest BCUT2D eigenvalue weighted by molar-refractivity contribution is 0.222. The van der Waals surface area contributed by atoms with Crippen molar-refractivity contribution in [2.24, 2.45) is 0 Å². The molecule has 0 aromatic carbocycles. The quantitative estimate of drug-likeness (QED) is 0.668. The molecule has 1 aromatic heterocycles. The van der Waals surface area contributed by atoms with Gasteiger partial charge in [-0.15, -0.1) is 0 Å². The van der Waals surface area contributed by atoms with Gasteiger partial charge >= 0.3 is 0 Å². The van der Waals surface area contributed by atoms with Gasteiger partial charge in [0.15, 0.2) is 11.0 Å². The van der Waals surface area contributed by atoms with Crippen LogP contribution in [0.15, 0.2) is 18.0 Å². The van der Waals surface area contributed by atoms with Crippen LogP contribution in [0.5, 0.6) is 0 Å². The monoisotopic (exact) mass is 268 g/mol. The molecule has 0 aliphatic carbocycles. The van der Waals surface area contributed by atoms with E-state index in [1.165, 1.54) is 11.9 Å². The summed E-state index contributed by atoms with van der Waals surface area (Å²) in [6.45, 7) is 2.44. The fraction of sp³-hybridized carbons (Fsp3) is 0.500. The summed E-state index contributed by atoms with van der Waals surface area (Å²) in [5.74, 6) is 0.852. The minimum atomic E-state index is 0.453. The van der Waals surface area contributed by atoms with E-state index in [9.17, 15) is 0 Å². The van der Waals surface area contributed by atoms with E-state index in [4.69, 9.17) is 16.3 Å². The minimum Gasteiger partial charge on any atom is -0.383 e. The van der Waals surface area contributed by atoms with Gasteiger partial charge in [0.25, 0.3) is 0 Å². The number of ether oxygens (including phenoxy) is 1. The zero-order valence-corrected chi connectivity index (χ0v) is 11.4. The molecule has 0 radical (unpaired) electrons. The molecule has 1 N–H and O–H groups in total. The fourth-order valence-electron chi connectivity index (χ4n) is 2.03. The van der Waals surface area contributed by atoms with Crippen LogP contribution < -0.4 is 10.2 Å². The van der Waals surface area contributed by atoms with Gasteiger partial charge in [-0.2, -0.15) is 0 Å². The molecule has 0 saturated carbocycles. The molecule has 1 aromatic rings. The summed E-state index contributed by atoms with van der Waals surface area (Å²) in [7, 11) is 3.54. The highest BCUT2D eigenvalue weighted by atomic mass is 35.5. The molecule has 18 heavy (non-hydrogen) atoms. The fourth-order valence-corrected chi connectivity index (χ4v) is 2.25. The summed E-state index contributed by atoms with van der Waals surface area (Å²) in [6, 6.07) is 0. The van der Waals surface area contributed by atoms with Crippen LogP contribution in [-0.4, -0.2) is 43.8 Å². The number of nitrogens with one attached hydrogen (secondary N) is 1. The third-order valence-corrected chi connectivity index (χ3v) is 3.25. The summed E-state index contributed by atoms with van der Waals surface area (Å²) in [4.78, 5) is 10.5. The summed E-state index contributed by atoms with van der Waals surface area (Å²) in [5.41, 5.74) is 2.11. The van der Waals surface area contributed by atoms with Crippen molar-refractivity contribution in [1.82, 2.24) is 9.97 Å². The van der Waals surface area contributed by atoms with Gasteiger partial charge in [0.1, 0.15) is 12.0 Å². The highest BCUT2D eigenvalue weighted by molar-refractivity contribution is 6.32. The van der Waals surface area contributed by atoms with Gasteiger partial charge < -0.3 is 15.0 Å². The first-order chi connectivity index (χ1) is 8.76. The normalized spacial score (nSPS) is 15.5. The standard InChI is InChI=1S/C12H17ClN4O/c1-14-10-11(13)15-8-16-12(10)17-5-3-9(4-6-17)7-18-2/h3,8,14H,4-7H2,1-2H3. The van der Waals surface area contributed by atoms with Crippen LogP contribution in [0.3, 0.4) is 0 Å². The number of hydrogen-bond acceptors (Lipinski definition) is 5. The van der Waals surface area contributed by atoms with E-state index in [1.54, 1.807) is 7.11 Å². The summed E-state index contributed by atoms with van der Waals surface area (Å²) < 4.78 is 5.14. The van der Waals surface area contributed by atoms with Crippen molar-refractivity contribution in [3.8, 4) is 0 Å². The van der Waals surface area contributed by atoms with Crippen LogP contribution in [-0.2, 0) is 4.74 Å². The maximum Gasteiger partial charge on any atom is 0.157 e. The second kappa shape index (κ2) is 6.02. The maximum atomic E-state index is 6.05. The van der Waals surface area contributed by atoms with E-state index in [1.807, 2.05) is 7.05 Å². The van der Waals surface area contributed by atoms with E-state index in [0.29, 0.717) is 11.8 Å². The molecule has 0 spiro atoms. The van der Waals surface area contributed by atoms with Crippen molar-refractivity contribution >= 4 is 23.1 Å². The molecule has 0 bridgehead atoms. The Morgan fingerprint density at radius 3 is 2.94 bits per heavy atom. The first-order valence-corrected chi connectivity index (χ1v) is 6.24. The van der Waals surface area contributed by atoms with Crippen LogP contribution in [0.2, 0.25) is 5.15 Å². The molecule has 2 rings (SSSR count). The van der Waals surface area contributed by atoms with Crippen LogP contribution in [0.25, 0.3) is 0 Å². The van der Waals surface area contributed by atoms with Gasteiger partial charge in [0.05, 0.1) is 6.61 Å². The predicted octanol–water partition coefficient (Wildman–Crippen LogP) is 1.95. The number of halogens is 1. The SMILES string of the molecule is CNc1c(Cl)ncnc1N1CC=C(COC)CC1. The zero-order chi connectivity index (χ0) is 13.0. The summed E-state index contributed by atoms with van der Waals surface area (Å²) >= 11 is 6.05. The van der Waals surface area contributed by atoms with E-state index < -0.39 is 0 Å². The van der Waals surface area contributed by atoms with Gasteiger partial charge in [0.2, 0.25) is 0 Å². The molecule has 0 amide bonds. The van der Waals surface area contributed by atoms with Crippen molar-refractivity contribution in [2.45, 2.75) is 6.42 Å². The Kier molecular flexibility index (Phi) is 4.38.